The Hall–Kier alpha value is -1.31. The highest BCUT2D eigenvalue weighted by molar-refractivity contribution is 5.99. The third-order valence-electron chi connectivity index (χ3n) is 4.03. The van der Waals surface area contributed by atoms with Crippen LogP contribution in [0.5, 0.6) is 5.75 Å². The number of carbonyl (C=O) groups is 1. The van der Waals surface area contributed by atoms with E-state index in [1.54, 1.807) is 0 Å². The highest BCUT2D eigenvalue weighted by Crippen LogP contribution is 2.35. The van der Waals surface area contributed by atoms with Gasteiger partial charge in [-0.15, -0.1) is 0 Å². The predicted octanol–water partition coefficient (Wildman–Crippen LogP) is 3.60. The molecule has 0 aromatic heterocycles. The summed E-state index contributed by atoms with van der Waals surface area (Å²) < 4.78 is 6.02. The van der Waals surface area contributed by atoms with Crippen molar-refractivity contribution < 1.29 is 9.53 Å². The van der Waals surface area contributed by atoms with Crippen LogP contribution in [0.2, 0.25) is 0 Å². The van der Waals surface area contributed by atoms with E-state index >= 15 is 0 Å². The molecule has 0 unspecified atom stereocenters. The standard InChI is InChI=1S/C15H18O2/c16-13-10-15(11-6-2-1-3-7-11)17-14-9-5-4-8-12(13)14/h4-5,8-9,11,15H,1-3,6-7,10H2/t15-/m1/s1. The van der Waals surface area contributed by atoms with Crippen molar-refractivity contribution in [3.8, 4) is 5.75 Å². The first-order chi connectivity index (χ1) is 8.34. The summed E-state index contributed by atoms with van der Waals surface area (Å²) in [5.74, 6) is 1.63. The van der Waals surface area contributed by atoms with Gasteiger partial charge in [-0.05, 0) is 30.9 Å². The van der Waals surface area contributed by atoms with Crippen LogP contribution in [0.15, 0.2) is 24.3 Å². The SMILES string of the molecule is O=C1C[C@H](C2CCCCC2)Oc2ccccc21. The summed E-state index contributed by atoms with van der Waals surface area (Å²) in [5, 5.41) is 0. The summed E-state index contributed by atoms with van der Waals surface area (Å²) in [7, 11) is 0. The fourth-order valence-corrected chi connectivity index (χ4v) is 3.07. The Kier molecular flexibility index (Phi) is 2.87. The molecule has 1 atom stereocenters. The van der Waals surface area contributed by atoms with E-state index in [1.807, 2.05) is 24.3 Å². The molecule has 0 saturated heterocycles. The molecule has 0 N–H and O–H groups in total. The second kappa shape index (κ2) is 4.52. The number of hydrogen-bond donors (Lipinski definition) is 0. The fraction of sp³-hybridized carbons (Fsp3) is 0.533. The zero-order valence-electron chi connectivity index (χ0n) is 10.0. The summed E-state index contributed by atoms with van der Waals surface area (Å²) in [6, 6.07) is 7.63. The molecule has 1 heterocycles. The molecule has 2 nitrogen and oxygen atoms in total. The van der Waals surface area contributed by atoms with Gasteiger partial charge in [0.05, 0.1) is 5.56 Å². The van der Waals surface area contributed by atoms with Crippen molar-refractivity contribution in [3.05, 3.63) is 29.8 Å². The number of ketones is 1. The maximum Gasteiger partial charge on any atom is 0.170 e. The molecule has 1 aromatic carbocycles. The molecule has 0 radical (unpaired) electrons. The summed E-state index contributed by atoms with van der Waals surface area (Å²) in [5.41, 5.74) is 0.763. The molecule has 3 rings (SSSR count). The molecule has 0 spiro atoms. The average Bonchev–Trinajstić information content (AvgIpc) is 2.40. The van der Waals surface area contributed by atoms with Gasteiger partial charge in [0.25, 0.3) is 0 Å². The third kappa shape index (κ3) is 2.08. The predicted molar refractivity (Wildman–Crippen MR) is 66.4 cm³/mol. The molecule has 1 saturated carbocycles. The molecule has 1 aliphatic carbocycles. The van der Waals surface area contributed by atoms with Gasteiger partial charge in [0.15, 0.2) is 5.78 Å². The molecule has 2 heteroatoms. The van der Waals surface area contributed by atoms with Gasteiger partial charge < -0.3 is 4.74 Å². The van der Waals surface area contributed by atoms with E-state index < -0.39 is 0 Å². The number of fused-ring (bicyclic) bond motifs is 1. The van der Waals surface area contributed by atoms with E-state index in [9.17, 15) is 4.79 Å². The number of benzene rings is 1. The van der Waals surface area contributed by atoms with Crippen LogP contribution in [0.3, 0.4) is 0 Å². The Morgan fingerprint density at radius 3 is 2.65 bits per heavy atom. The maximum absolute atomic E-state index is 12.1. The molecule has 1 aromatic rings. The van der Waals surface area contributed by atoms with Gasteiger partial charge in [-0.3, -0.25) is 4.79 Å². The van der Waals surface area contributed by atoms with Crippen LogP contribution in [0, 0.1) is 5.92 Å². The van der Waals surface area contributed by atoms with Gasteiger partial charge in [-0.2, -0.15) is 0 Å². The van der Waals surface area contributed by atoms with Crippen molar-refractivity contribution in [3.63, 3.8) is 0 Å². The lowest BCUT2D eigenvalue weighted by Gasteiger charge is -2.33. The molecule has 0 amide bonds. The van der Waals surface area contributed by atoms with Crippen LogP contribution in [0.25, 0.3) is 0 Å². The smallest absolute Gasteiger partial charge is 0.170 e. The van der Waals surface area contributed by atoms with Crippen molar-refractivity contribution in [1.29, 1.82) is 0 Å². The fourth-order valence-electron chi connectivity index (χ4n) is 3.07. The first-order valence-corrected chi connectivity index (χ1v) is 6.63. The number of para-hydroxylation sites is 1. The van der Waals surface area contributed by atoms with Gasteiger partial charge in [-0.1, -0.05) is 31.4 Å². The van der Waals surface area contributed by atoms with Crippen LogP contribution in [-0.2, 0) is 0 Å². The van der Waals surface area contributed by atoms with Crippen LogP contribution < -0.4 is 4.74 Å². The summed E-state index contributed by atoms with van der Waals surface area (Å²) in [6.07, 6.45) is 7.06. The summed E-state index contributed by atoms with van der Waals surface area (Å²) in [4.78, 5) is 12.1. The van der Waals surface area contributed by atoms with Crippen LogP contribution in [-0.4, -0.2) is 11.9 Å². The lowest BCUT2D eigenvalue weighted by Crippen LogP contribution is -2.34. The summed E-state index contributed by atoms with van der Waals surface area (Å²) in [6.45, 7) is 0. The van der Waals surface area contributed by atoms with Gasteiger partial charge in [-0.25, -0.2) is 0 Å². The second-order valence-electron chi connectivity index (χ2n) is 5.18. The number of rotatable bonds is 1. The van der Waals surface area contributed by atoms with E-state index in [0.29, 0.717) is 12.3 Å². The molecular formula is C15H18O2. The Morgan fingerprint density at radius 1 is 1.06 bits per heavy atom. The minimum atomic E-state index is 0.123. The van der Waals surface area contributed by atoms with Crippen molar-refractivity contribution in [2.45, 2.75) is 44.6 Å². The molecular weight excluding hydrogens is 212 g/mol. The Balaban J connectivity index is 1.80. The van der Waals surface area contributed by atoms with Gasteiger partial charge in [0.2, 0.25) is 0 Å². The van der Waals surface area contributed by atoms with E-state index in [2.05, 4.69) is 0 Å². The first kappa shape index (κ1) is 10.8. The van der Waals surface area contributed by atoms with Gasteiger partial charge in [0, 0.05) is 6.42 Å². The largest absolute Gasteiger partial charge is 0.489 e. The quantitative estimate of drug-likeness (QED) is 0.736. The van der Waals surface area contributed by atoms with Crippen LogP contribution in [0.4, 0.5) is 0 Å². The Morgan fingerprint density at radius 2 is 1.82 bits per heavy atom. The van der Waals surface area contributed by atoms with Crippen LogP contribution >= 0.6 is 0 Å². The van der Waals surface area contributed by atoms with Crippen molar-refractivity contribution in [2.75, 3.05) is 0 Å². The Bertz CT molecular complexity index is 419. The molecule has 17 heavy (non-hydrogen) atoms. The van der Waals surface area contributed by atoms with Crippen molar-refractivity contribution in [2.24, 2.45) is 5.92 Å². The van der Waals surface area contributed by atoms with Crippen molar-refractivity contribution >= 4 is 5.78 Å². The number of hydrogen-bond acceptors (Lipinski definition) is 2. The van der Waals surface area contributed by atoms with Crippen LogP contribution in [0.1, 0.15) is 48.9 Å². The van der Waals surface area contributed by atoms with Crippen molar-refractivity contribution in [1.82, 2.24) is 0 Å². The molecule has 1 fully saturated rings. The molecule has 90 valence electrons. The third-order valence-corrected chi connectivity index (χ3v) is 4.03. The normalized spacial score (nSPS) is 25.2. The number of Topliss-reactive ketones (excluding diaryl/α,β-unsaturated/α-hetero) is 1. The van der Waals surface area contributed by atoms with Gasteiger partial charge >= 0.3 is 0 Å². The van der Waals surface area contributed by atoms with E-state index in [4.69, 9.17) is 4.74 Å². The first-order valence-electron chi connectivity index (χ1n) is 6.63. The molecule has 0 bridgehead atoms. The van der Waals surface area contributed by atoms with E-state index in [0.717, 1.165) is 11.3 Å². The monoisotopic (exact) mass is 230 g/mol. The van der Waals surface area contributed by atoms with E-state index in [1.165, 1.54) is 32.1 Å². The topological polar surface area (TPSA) is 26.3 Å². The zero-order valence-corrected chi connectivity index (χ0v) is 10.0. The number of ether oxygens (including phenoxy) is 1. The maximum atomic E-state index is 12.1. The lowest BCUT2D eigenvalue weighted by atomic mass is 9.82. The highest BCUT2D eigenvalue weighted by atomic mass is 16.5. The molecule has 2 aliphatic rings. The Labute approximate surface area is 102 Å². The minimum absolute atomic E-state index is 0.123. The average molecular weight is 230 g/mol. The second-order valence-corrected chi connectivity index (χ2v) is 5.18. The van der Waals surface area contributed by atoms with E-state index in [-0.39, 0.29) is 11.9 Å². The highest BCUT2D eigenvalue weighted by Gasteiger charge is 2.32. The van der Waals surface area contributed by atoms with Gasteiger partial charge in [0.1, 0.15) is 11.9 Å². The summed E-state index contributed by atoms with van der Waals surface area (Å²) >= 11 is 0. The lowest BCUT2D eigenvalue weighted by molar-refractivity contribution is 0.0655. The molecule has 1 aliphatic heterocycles. The zero-order chi connectivity index (χ0) is 11.7. The number of carbonyl (C=O) groups excluding carboxylic acids is 1. The minimum Gasteiger partial charge on any atom is -0.489 e.